The highest BCUT2D eigenvalue weighted by atomic mass is 19.1. The van der Waals surface area contributed by atoms with Crippen molar-refractivity contribution in [3.63, 3.8) is 0 Å². The number of methoxy groups -OCH3 is 1. The standard InChI is InChI=1S/C24H31FO7/c1-14-9-11-18(26)22-20(31-24(3,4)32-22)8-6-7-16-17(25)10-12-19(29-13-28-5)21(16)23(27)30-15(14)2/h6-7,9-12,14-15,18,20,22,26H,8,13H2,1-5H3/t14-,15+,18?,20+,22-/m1/s1. The topological polar surface area (TPSA) is 83.5 Å². The molecule has 1 fully saturated rings. The SMILES string of the molecule is COCOc1ccc(F)c2c1C(=O)O[C@@H](C)[C@H](C)C=CC(O)[C@H]1OC(C)(C)O[C@H]1CC=C2. The van der Waals surface area contributed by atoms with Crippen molar-refractivity contribution in [3.8, 4) is 5.75 Å². The Morgan fingerprint density at radius 3 is 2.69 bits per heavy atom. The highest BCUT2D eigenvalue weighted by Crippen LogP contribution is 2.34. The van der Waals surface area contributed by atoms with Gasteiger partial charge in [0.15, 0.2) is 12.6 Å². The van der Waals surface area contributed by atoms with Gasteiger partial charge in [0.05, 0.1) is 6.10 Å². The van der Waals surface area contributed by atoms with E-state index in [1.54, 1.807) is 39.0 Å². The van der Waals surface area contributed by atoms with Crippen molar-refractivity contribution in [2.45, 2.75) is 64.3 Å². The number of esters is 1. The molecule has 0 spiro atoms. The number of ether oxygens (including phenoxy) is 5. The van der Waals surface area contributed by atoms with Crippen LogP contribution in [-0.2, 0) is 18.9 Å². The summed E-state index contributed by atoms with van der Waals surface area (Å²) in [4.78, 5) is 13.0. The Balaban J connectivity index is 2.05. The first-order chi connectivity index (χ1) is 15.1. The average Bonchev–Trinajstić information content (AvgIpc) is 3.05. The van der Waals surface area contributed by atoms with E-state index in [-0.39, 0.29) is 29.6 Å². The highest BCUT2D eigenvalue weighted by Gasteiger charge is 2.43. The van der Waals surface area contributed by atoms with E-state index in [1.807, 2.05) is 6.92 Å². The van der Waals surface area contributed by atoms with E-state index in [0.29, 0.717) is 6.42 Å². The van der Waals surface area contributed by atoms with Gasteiger partial charge in [-0.25, -0.2) is 9.18 Å². The van der Waals surface area contributed by atoms with Crippen LogP contribution in [0.5, 0.6) is 5.75 Å². The van der Waals surface area contributed by atoms with Gasteiger partial charge in [-0.1, -0.05) is 31.2 Å². The largest absolute Gasteiger partial charge is 0.467 e. The molecule has 1 unspecified atom stereocenters. The van der Waals surface area contributed by atoms with Gasteiger partial charge in [0, 0.05) is 18.6 Å². The summed E-state index contributed by atoms with van der Waals surface area (Å²) in [6.07, 6.45) is 4.41. The van der Waals surface area contributed by atoms with Crippen LogP contribution in [0, 0.1) is 11.7 Å². The van der Waals surface area contributed by atoms with Crippen molar-refractivity contribution in [1.29, 1.82) is 0 Å². The Bertz CT molecular complexity index is 879. The van der Waals surface area contributed by atoms with Crippen LogP contribution in [0.1, 0.15) is 50.0 Å². The molecule has 0 amide bonds. The van der Waals surface area contributed by atoms with Crippen LogP contribution in [0.25, 0.3) is 6.08 Å². The van der Waals surface area contributed by atoms with Gasteiger partial charge in [0.2, 0.25) is 0 Å². The van der Waals surface area contributed by atoms with E-state index in [0.717, 1.165) is 0 Å². The van der Waals surface area contributed by atoms with Gasteiger partial charge in [-0.3, -0.25) is 0 Å². The lowest BCUT2D eigenvalue weighted by Gasteiger charge is -2.22. The second kappa shape index (κ2) is 10.1. The number of benzene rings is 1. The summed E-state index contributed by atoms with van der Waals surface area (Å²) in [5.74, 6) is -2.23. The van der Waals surface area contributed by atoms with E-state index in [9.17, 15) is 14.3 Å². The normalized spacial score (nSPS) is 30.2. The molecule has 0 saturated carbocycles. The van der Waals surface area contributed by atoms with Crippen LogP contribution in [0.2, 0.25) is 0 Å². The van der Waals surface area contributed by atoms with Gasteiger partial charge in [0.25, 0.3) is 0 Å². The van der Waals surface area contributed by atoms with Crippen LogP contribution in [0.15, 0.2) is 30.4 Å². The summed E-state index contributed by atoms with van der Waals surface area (Å²) in [5, 5.41) is 10.7. The molecule has 8 heteroatoms. The highest BCUT2D eigenvalue weighted by molar-refractivity contribution is 5.97. The van der Waals surface area contributed by atoms with Crippen LogP contribution in [0.4, 0.5) is 4.39 Å². The molecule has 32 heavy (non-hydrogen) atoms. The van der Waals surface area contributed by atoms with Gasteiger partial charge >= 0.3 is 5.97 Å². The van der Waals surface area contributed by atoms with Gasteiger partial charge in [-0.15, -0.1) is 0 Å². The first-order valence-electron chi connectivity index (χ1n) is 10.7. The first-order valence-corrected chi connectivity index (χ1v) is 10.7. The monoisotopic (exact) mass is 450 g/mol. The third-order valence-electron chi connectivity index (χ3n) is 5.55. The molecular formula is C24H31FO7. The van der Waals surface area contributed by atoms with E-state index < -0.39 is 42.0 Å². The van der Waals surface area contributed by atoms with Crippen LogP contribution in [0.3, 0.4) is 0 Å². The minimum atomic E-state index is -0.915. The summed E-state index contributed by atoms with van der Waals surface area (Å²) in [6.45, 7) is 7.04. The molecule has 1 aromatic carbocycles. The summed E-state index contributed by atoms with van der Waals surface area (Å²) >= 11 is 0. The minimum absolute atomic E-state index is 0.0149. The number of aliphatic hydroxyl groups is 1. The molecule has 3 rings (SSSR count). The van der Waals surface area contributed by atoms with Crippen LogP contribution >= 0.6 is 0 Å². The van der Waals surface area contributed by atoms with Crippen molar-refractivity contribution >= 4 is 12.0 Å². The fourth-order valence-corrected chi connectivity index (χ4v) is 3.74. The lowest BCUT2D eigenvalue weighted by Crippen LogP contribution is -2.34. The van der Waals surface area contributed by atoms with Crippen molar-refractivity contribution in [1.82, 2.24) is 0 Å². The fourth-order valence-electron chi connectivity index (χ4n) is 3.74. The molecule has 176 valence electrons. The smallest absolute Gasteiger partial charge is 0.342 e. The van der Waals surface area contributed by atoms with E-state index in [2.05, 4.69) is 0 Å². The molecular weight excluding hydrogens is 419 g/mol. The zero-order valence-electron chi connectivity index (χ0n) is 19.0. The number of fused-ring (bicyclic) bond motifs is 2. The Labute approximate surface area is 187 Å². The quantitative estimate of drug-likeness (QED) is 0.426. The Kier molecular flexibility index (Phi) is 7.71. The molecule has 5 atom stereocenters. The molecule has 2 aliphatic heterocycles. The Morgan fingerprint density at radius 2 is 1.97 bits per heavy atom. The minimum Gasteiger partial charge on any atom is -0.467 e. The summed E-state index contributed by atoms with van der Waals surface area (Å²) in [7, 11) is 1.45. The predicted octanol–water partition coefficient (Wildman–Crippen LogP) is 3.84. The van der Waals surface area contributed by atoms with Crippen molar-refractivity contribution in [2.75, 3.05) is 13.9 Å². The number of hydrogen-bond donors (Lipinski definition) is 1. The van der Waals surface area contributed by atoms with Crippen molar-refractivity contribution in [3.05, 3.63) is 47.3 Å². The third kappa shape index (κ3) is 5.56. The van der Waals surface area contributed by atoms with Gasteiger partial charge in [-0.2, -0.15) is 0 Å². The van der Waals surface area contributed by atoms with E-state index in [1.165, 1.54) is 25.3 Å². The molecule has 0 radical (unpaired) electrons. The van der Waals surface area contributed by atoms with Crippen molar-refractivity contribution < 1.29 is 38.0 Å². The van der Waals surface area contributed by atoms with Crippen molar-refractivity contribution in [2.24, 2.45) is 5.92 Å². The number of hydrogen-bond acceptors (Lipinski definition) is 7. The molecule has 1 aromatic rings. The lowest BCUT2D eigenvalue weighted by atomic mass is 9.99. The second-order valence-electron chi connectivity index (χ2n) is 8.51. The summed E-state index contributed by atoms with van der Waals surface area (Å²) < 4.78 is 42.7. The third-order valence-corrected chi connectivity index (χ3v) is 5.55. The first kappa shape index (κ1) is 24.4. The molecule has 0 bridgehead atoms. The van der Waals surface area contributed by atoms with Crippen LogP contribution in [-0.4, -0.2) is 55.2 Å². The van der Waals surface area contributed by atoms with E-state index in [4.69, 9.17) is 23.7 Å². The molecule has 2 aliphatic rings. The summed E-state index contributed by atoms with van der Waals surface area (Å²) in [6, 6.07) is 2.60. The van der Waals surface area contributed by atoms with Gasteiger partial charge in [-0.05, 0) is 39.3 Å². The maximum absolute atomic E-state index is 14.8. The Morgan fingerprint density at radius 1 is 1.22 bits per heavy atom. The van der Waals surface area contributed by atoms with E-state index >= 15 is 0 Å². The van der Waals surface area contributed by atoms with Gasteiger partial charge < -0.3 is 28.8 Å². The maximum atomic E-state index is 14.8. The fraction of sp³-hybridized carbons (Fsp3) is 0.542. The number of aliphatic hydroxyl groups excluding tert-OH is 1. The molecule has 7 nitrogen and oxygen atoms in total. The zero-order valence-corrected chi connectivity index (χ0v) is 19.0. The van der Waals surface area contributed by atoms with Gasteiger partial charge in [0.1, 0.15) is 35.4 Å². The summed E-state index contributed by atoms with van der Waals surface area (Å²) in [5.41, 5.74) is 0.0326. The second-order valence-corrected chi connectivity index (χ2v) is 8.51. The molecule has 1 saturated heterocycles. The number of cyclic esters (lactones) is 1. The maximum Gasteiger partial charge on any atom is 0.342 e. The molecule has 1 N–H and O–H groups in total. The zero-order chi connectivity index (χ0) is 23.5. The number of carbonyl (C=O) groups excluding carboxylic acids is 1. The lowest BCUT2D eigenvalue weighted by molar-refractivity contribution is -0.152. The molecule has 0 aromatic heterocycles. The number of carbonyl (C=O) groups is 1. The Hall–Kier alpha value is -2.26. The molecule has 0 aliphatic carbocycles. The predicted molar refractivity (Wildman–Crippen MR) is 116 cm³/mol. The molecule has 2 heterocycles. The average molecular weight is 451 g/mol. The number of halogens is 1. The number of rotatable bonds is 3. The van der Waals surface area contributed by atoms with Crippen LogP contribution < -0.4 is 4.74 Å².